The van der Waals surface area contributed by atoms with E-state index in [1.165, 1.54) is 0 Å². The normalized spacial score (nSPS) is 49.6. The van der Waals surface area contributed by atoms with E-state index in [1.54, 1.807) is 12.2 Å². The molecule has 0 aromatic carbocycles. The lowest BCUT2D eigenvalue weighted by Crippen LogP contribution is -2.62. The largest absolute Gasteiger partial charge is 0.420 e. The number of nitrogens with zero attached hydrogens (tertiary/aromatic N) is 4. The Labute approximate surface area is 144 Å². The third-order valence-corrected chi connectivity index (χ3v) is 6.72. The van der Waals surface area contributed by atoms with Crippen LogP contribution in [0.25, 0.3) is 10.4 Å². The van der Waals surface area contributed by atoms with Gasteiger partial charge in [-0.2, -0.15) is 0 Å². The van der Waals surface area contributed by atoms with Gasteiger partial charge in [0.1, 0.15) is 11.4 Å². The summed E-state index contributed by atoms with van der Waals surface area (Å²) in [6, 6.07) is 0.309. The third-order valence-electron chi connectivity index (χ3n) is 6.72. The van der Waals surface area contributed by atoms with Crippen LogP contribution in [0.2, 0.25) is 0 Å². The molecule has 5 aliphatic rings. The molecule has 2 heterocycles. The van der Waals surface area contributed by atoms with Gasteiger partial charge in [-0.25, -0.2) is 0 Å². The number of azide groups is 1. The maximum Gasteiger partial charge on any atom is 0.232 e. The third kappa shape index (κ3) is 1.68. The van der Waals surface area contributed by atoms with Gasteiger partial charge in [-0.15, -0.1) is 0 Å². The van der Waals surface area contributed by atoms with Crippen LogP contribution in [0.15, 0.2) is 40.7 Å². The summed E-state index contributed by atoms with van der Waals surface area (Å²) >= 11 is 0. The first kappa shape index (κ1) is 15.4. The lowest BCUT2D eigenvalue weighted by molar-refractivity contribution is -0.242. The molecule has 0 amide bonds. The van der Waals surface area contributed by atoms with Crippen molar-refractivity contribution in [2.45, 2.75) is 43.0 Å². The zero-order chi connectivity index (χ0) is 17.4. The number of allylic oxidation sites excluding steroid dienone is 1. The molecule has 2 aliphatic heterocycles. The van der Waals surface area contributed by atoms with Crippen LogP contribution in [0.4, 0.5) is 0 Å². The molecular weight excluding hydrogens is 324 g/mol. The molecule has 7 atom stereocenters. The van der Waals surface area contributed by atoms with Crippen molar-refractivity contribution in [1.29, 1.82) is 0 Å². The molecule has 8 heteroatoms. The first-order chi connectivity index (χ1) is 12.0. The predicted octanol–water partition coefficient (Wildman–Crippen LogP) is 1.19. The Morgan fingerprint density at radius 2 is 2.28 bits per heavy atom. The number of aliphatic hydroxyl groups excluding tert-OH is 1. The van der Waals surface area contributed by atoms with Crippen molar-refractivity contribution in [3.05, 3.63) is 45.9 Å². The van der Waals surface area contributed by atoms with Crippen molar-refractivity contribution in [2.75, 3.05) is 13.6 Å². The van der Waals surface area contributed by atoms with Crippen molar-refractivity contribution in [2.24, 2.45) is 16.6 Å². The van der Waals surface area contributed by atoms with Gasteiger partial charge in [0, 0.05) is 27.9 Å². The maximum atomic E-state index is 11.4. The van der Waals surface area contributed by atoms with Gasteiger partial charge in [-0.05, 0) is 43.6 Å². The van der Waals surface area contributed by atoms with Crippen molar-refractivity contribution in [1.82, 2.24) is 4.90 Å². The Hall–Kier alpha value is -1.83. The monoisotopic (exact) mass is 344 g/mol. The number of hydrogen-bond donors (Lipinski definition) is 2. The highest BCUT2D eigenvalue weighted by molar-refractivity contribution is 5.51. The molecule has 132 valence electrons. The van der Waals surface area contributed by atoms with Crippen LogP contribution in [0.5, 0.6) is 0 Å². The summed E-state index contributed by atoms with van der Waals surface area (Å²) in [7, 11) is 2.12. The van der Waals surface area contributed by atoms with Crippen molar-refractivity contribution < 1.29 is 19.8 Å². The molecule has 2 fully saturated rings. The molecule has 1 spiro atoms. The lowest BCUT2D eigenvalue weighted by Gasteiger charge is -2.57. The summed E-state index contributed by atoms with van der Waals surface area (Å²) in [5.41, 5.74) is 9.97. The van der Waals surface area contributed by atoms with E-state index >= 15 is 0 Å². The van der Waals surface area contributed by atoms with Gasteiger partial charge in [-0.1, -0.05) is 18.2 Å². The van der Waals surface area contributed by atoms with E-state index in [9.17, 15) is 10.2 Å². The Morgan fingerprint density at radius 3 is 3.08 bits per heavy atom. The molecule has 8 nitrogen and oxygen atoms in total. The van der Waals surface area contributed by atoms with Gasteiger partial charge in [0.25, 0.3) is 0 Å². The second-order valence-electron chi connectivity index (χ2n) is 7.64. The van der Waals surface area contributed by atoms with Crippen LogP contribution in [0, 0.1) is 11.3 Å². The molecule has 0 aromatic heterocycles. The minimum Gasteiger partial charge on any atom is -0.420 e. The number of hydrogen-bond acceptors (Lipinski definition) is 6. The number of rotatable bonds is 2. The molecule has 0 radical (unpaired) electrons. The SMILES string of the molecule is CN1CC[C@]23C4=C5C=CC(ON=[N+]=[N-])C4(O)O[C@H]2[C@@H](O)C=C[C@H]3[C@H]1C5. The second-order valence-corrected chi connectivity index (χ2v) is 7.64. The second kappa shape index (κ2) is 4.87. The Bertz CT molecular complexity index is 773. The Kier molecular flexibility index (Phi) is 3.01. The topological polar surface area (TPSA) is 111 Å². The van der Waals surface area contributed by atoms with E-state index in [0.717, 1.165) is 30.5 Å². The van der Waals surface area contributed by atoms with Crippen LogP contribution < -0.4 is 0 Å². The summed E-state index contributed by atoms with van der Waals surface area (Å²) in [6.07, 6.45) is 6.84. The zero-order valence-corrected chi connectivity index (χ0v) is 13.8. The highest BCUT2D eigenvalue weighted by Gasteiger charge is 2.72. The van der Waals surface area contributed by atoms with E-state index in [2.05, 4.69) is 28.2 Å². The number of piperidine rings is 1. The van der Waals surface area contributed by atoms with E-state index in [0.29, 0.717) is 6.04 Å². The molecule has 5 rings (SSSR count). The molecule has 2 unspecified atom stereocenters. The smallest absolute Gasteiger partial charge is 0.232 e. The van der Waals surface area contributed by atoms with Gasteiger partial charge in [-0.3, -0.25) is 0 Å². The Morgan fingerprint density at radius 1 is 1.44 bits per heavy atom. The average molecular weight is 344 g/mol. The van der Waals surface area contributed by atoms with E-state index in [4.69, 9.17) is 15.1 Å². The fraction of sp³-hybridized carbons (Fsp3) is 0.647. The van der Waals surface area contributed by atoms with Crippen molar-refractivity contribution in [3.63, 3.8) is 0 Å². The van der Waals surface area contributed by atoms with Gasteiger partial charge in [0.15, 0.2) is 6.10 Å². The van der Waals surface area contributed by atoms with Gasteiger partial charge in [0.2, 0.25) is 5.79 Å². The summed E-state index contributed by atoms with van der Waals surface area (Å²) < 4.78 is 6.09. The van der Waals surface area contributed by atoms with Crippen LogP contribution in [-0.2, 0) is 9.57 Å². The first-order valence-corrected chi connectivity index (χ1v) is 8.61. The van der Waals surface area contributed by atoms with Crippen LogP contribution in [0.3, 0.4) is 0 Å². The average Bonchev–Trinajstić information content (AvgIpc) is 2.88. The fourth-order valence-corrected chi connectivity index (χ4v) is 5.79. The van der Waals surface area contributed by atoms with Crippen molar-refractivity contribution in [3.8, 4) is 0 Å². The van der Waals surface area contributed by atoms with Crippen LogP contribution in [0.1, 0.15) is 12.8 Å². The Balaban J connectivity index is 1.72. The van der Waals surface area contributed by atoms with Gasteiger partial charge < -0.3 is 24.7 Å². The molecule has 25 heavy (non-hydrogen) atoms. The number of aliphatic hydroxyl groups is 2. The van der Waals surface area contributed by atoms with Crippen LogP contribution >= 0.6 is 0 Å². The molecule has 2 saturated heterocycles. The van der Waals surface area contributed by atoms with Gasteiger partial charge >= 0.3 is 0 Å². The van der Waals surface area contributed by atoms with E-state index in [1.807, 2.05) is 6.08 Å². The standard InChI is InChI=1S/C17H20N4O4/c1-21-7-6-16-10-3-4-12(22)15(16)24-17(23)13(25-20-19-18)5-2-9(14(16)17)8-11(10)21/h2-5,10-13,15,22-23H,6-8H2,1H3/t10-,11+,12-,13?,15-,16-,17?/m0/s1. The molecule has 0 saturated carbocycles. The van der Waals surface area contributed by atoms with Gasteiger partial charge in [0.05, 0.1) is 6.10 Å². The molecule has 2 N–H and O–H groups in total. The van der Waals surface area contributed by atoms with Crippen LogP contribution in [-0.4, -0.2) is 58.8 Å². The number of ether oxygens (including phenoxy) is 1. The lowest BCUT2D eigenvalue weighted by atomic mass is 9.51. The number of likely N-dealkylation sites (tertiary alicyclic amines) is 1. The van der Waals surface area contributed by atoms with E-state index in [-0.39, 0.29) is 5.92 Å². The minimum absolute atomic E-state index is 0.166. The highest BCUT2D eigenvalue weighted by Crippen LogP contribution is 2.66. The summed E-state index contributed by atoms with van der Waals surface area (Å²) in [5, 5.41) is 25.2. The molecular formula is C17H20N4O4. The fourth-order valence-electron chi connectivity index (χ4n) is 5.79. The molecule has 0 aromatic rings. The quantitative estimate of drug-likeness (QED) is 0.257. The molecule has 2 bridgehead atoms. The maximum absolute atomic E-state index is 11.4. The summed E-state index contributed by atoms with van der Waals surface area (Å²) in [6.45, 7) is 0.875. The zero-order valence-electron chi connectivity index (χ0n) is 13.8. The van der Waals surface area contributed by atoms with E-state index < -0.39 is 29.5 Å². The minimum atomic E-state index is -1.71. The first-order valence-electron chi connectivity index (χ1n) is 8.61. The molecule has 3 aliphatic carbocycles. The predicted molar refractivity (Wildman–Crippen MR) is 86.7 cm³/mol. The summed E-state index contributed by atoms with van der Waals surface area (Å²) in [4.78, 5) is 10.1. The highest BCUT2D eigenvalue weighted by atomic mass is 16.7. The summed E-state index contributed by atoms with van der Waals surface area (Å²) in [5.74, 6) is -1.55. The van der Waals surface area contributed by atoms with Crippen molar-refractivity contribution >= 4 is 0 Å².